The first kappa shape index (κ1) is 13.9. The predicted octanol–water partition coefficient (Wildman–Crippen LogP) is 2.96. The Morgan fingerprint density at radius 3 is 2.50 bits per heavy atom. The van der Waals surface area contributed by atoms with Crippen molar-refractivity contribution in [3.63, 3.8) is 0 Å². The van der Waals surface area contributed by atoms with Gasteiger partial charge in [-0.3, -0.25) is 9.98 Å². The lowest BCUT2D eigenvalue weighted by atomic mass is 10.1. The number of pyridine rings is 1. The van der Waals surface area contributed by atoms with Gasteiger partial charge in [-0.1, -0.05) is 41.6 Å². The van der Waals surface area contributed by atoms with Crippen molar-refractivity contribution in [2.45, 2.75) is 13.3 Å². The quantitative estimate of drug-likeness (QED) is 0.514. The van der Waals surface area contributed by atoms with Crippen LogP contribution in [0.4, 0.5) is 0 Å². The van der Waals surface area contributed by atoms with Crippen molar-refractivity contribution in [2.75, 3.05) is 6.54 Å². The lowest BCUT2D eigenvalue weighted by molar-refractivity contribution is 0.320. The molecule has 1 aromatic heterocycles. The SMILES string of the molecule is C/C(=N/O)C(=NCCc1ccccn1)c1ccccc1. The molecule has 0 atom stereocenters. The zero-order valence-electron chi connectivity index (χ0n) is 11.4. The molecule has 20 heavy (non-hydrogen) atoms. The third kappa shape index (κ3) is 3.75. The molecule has 0 spiro atoms. The molecule has 4 nitrogen and oxygen atoms in total. The third-order valence-electron chi connectivity index (χ3n) is 2.90. The minimum atomic E-state index is 0.511. The van der Waals surface area contributed by atoms with Gasteiger partial charge in [-0.15, -0.1) is 0 Å². The molecule has 2 aromatic rings. The first-order valence-electron chi connectivity index (χ1n) is 6.50. The topological polar surface area (TPSA) is 57.8 Å². The van der Waals surface area contributed by atoms with Gasteiger partial charge in [-0.05, 0) is 19.1 Å². The first-order chi connectivity index (χ1) is 9.81. The Kier molecular flexibility index (Phi) is 5.00. The third-order valence-corrected chi connectivity index (χ3v) is 2.90. The number of aromatic nitrogens is 1. The van der Waals surface area contributed by atoms with Crippen LogP contribution in [0, 0.1) is 0 Å². The molecule has 1 N–H and O–H groups in total. The molecule has 0 aliphatic rings. The highest BCUT2D eigenvalue weighted by atomic mass is 16.4. The fourth-order valence-electron chi connectivity index (χ4n) is 1.89. The zero-order chi connectivity index (χ0) is 14.2. The second kappa shape index (κ2) is 7.19. The van der Waals surface area contributed by atoms with Gasteiger partial charge < -0.3 is 5.21 Å². The number of oxime groups is 1. The van der Waals surface area contributed by atoms with Gasteiger partial charge in [0.25, 0.3) is 0 Å². The van der Waals surface area contributed by atoms with Crippen molar-refractivity contribution in [3.05, 3.63) is 66.0 Å². The molecule has 0 fully saturated rings. The summed E-state index contributed by atoms with van der Waals surface area (Å²) in [7, 11) is 0. The summed E-state index contributed by atoms with van der Waals surface area (Å²) in [6.07, 6.45) is 2.54. The molecular formula is C16H17N3O. The molecule has 2 rings (SSSR count). The lowest BCUT2D eigenvalue weighted by Crippen LogP contribution is -2.13. The molecule has 102 valence electrons. The molecule has 4 heteroatoms. The number of hydrogen-bond acceptors (Lipinski definition) is 4. The standard InChI is InChI=1S/C16H17N3O/c1-13(19-20)16(14-7-3-2-4-8-14)18-12-10-15-9-5-6-11-17-15/h2-9,11,20H,10,12H2,1H3/b18-16?,19-13-. The van der Waals surface area contributed by atoms with Crippen molar-refractivity contribution in [1.82, 2.24) is 4.98 Å². The summed E-state index contributed by atoms with van der Waals surface area (Å²) >= 11 is 0. The van der Waals surface area contributed by atoms with Crippen LogP contribution in [-0.4, -0.2) is 28.2 Å². The summed E-state index contributed by atoms with van der Waals surface area (Å²) < 4.78 is 0. The fraction of sp³-hybridized carbons (Fsp3) is 0.188. The number of nitrogens with zero attached hydrogens (tertiary/aromatic N) is 3. The highest BCUT2D eigenvalue weighted by Gasteiger charge is 2.07. The summed E-state index contributed by atoms with van der Waals surface area (Å²) in [5.74, 6) is 0. The minimum absolute atomic E-state index is 0.511. The Balaban J connectivity index is 2.14. The molecule has 0 aliphatic carbocycles. The molecule has 1 aromatic carbocycles. The monoisotopic (exact) mass is 267 g/mol. The molecule has 0 amide bonds. The van der Waals surface area contributed by atoms with E-state index in [1.165, 1.54) is 0 Å². The Morgan fingerprint density at radius 2 is 1.85 bits per heavy atom. The van der Waals surface area contributed by atoms with E-state index >= 15 is 0 Å². The lowest BCUT2D eigenvalue weighted by Gasteiger charge is -2.05. The minimum Gasteiger partial charge on any atom is -0.411 e. The fourth-order valence-corrected chi connectivity index (χ4v) is 1.89. The van der Waals surface area contributed by atoms with Gasteiger partial charge in [0.05, 0.1) is 5.71 Å². The van der Waals surface area contributed by atoms with Crippen LogP contribution in [0.25, 0.3) is 0 Å². The summed E-state index contributed by atoms with van der Waals surface area (Å²) in [4.78, 5) is 8.81. The van der Waals surface area contributed by atoms with Gasteiger partial charge in [0.15, 0.2) is 0 Å². The molecule has 0 saturated carbocycles. The van der Waals surface area contributed by atoms with Gasteiger partial charge in [0.1, 0.15) is 5.71 Å². The zero-order valence-corrected chi connectivity index (χ0v) is 11.4. The van der Waals surface area contributed by atoms with E-state index in [9.17, 15) is 0 Å². The van der Waals surface area contributed by atoms with Crippen LogP contribution in [0.5, 0.6) is 0 Å². The van der Waals surface area contributed by atoms with E-state index in [2.05, 4.69) is 15.1 Å². The van der Waals surface area contributed by atoms with Crippen LogP contribution in [0.15, 0.2) is 64.9 Å². The average molecular weight is 267 g/mol. The average Bonchev–Trinajstić information content (AvgIpc) is 2.53. The summed E-state index contributed by atoms with van der Waals surface area (Å²) in [5, 5.41) is 12.2. The maximum atomic E-state index is 8.98. The normalized spacial score (nSPS) is 12.4. The first-order valence-corrected chi connectivity index (χ1v) is 6.50. The Hall–Kier alpha value is -2.49. The Morgan fingerprint density at radius 1 is 1.10 bits per heavy atom. The summed E-state index contributed by atoms with van der Waals surface area (Å²) in [5.41, 5.74) is 3.17. The van der Waals surface area contributed by atoms with E-state index in [4.69, 9.17) is 5.21 Å². The number of hydrogen-bond donors (Lipinski definition) is 1. The Labute approximate surface area is 118 Å². The van der Waals surface area contributed by atoms with Crippen LogP contribution >= 0.6 is 0 Å². The molecule has 0 bridgehead atoms. The number of benzene rings is 1. The molecule has 0 unspecified atom stereocenters. The highest BCUT2D eigenvalue weighted by Crippen LogP contribution is 2.04. The van der Waals surface area contributed by atoms with Gasteiger partial charge >= 0.3 is 0 Å². The van der Waals surface area contributed by atoms with Gasteiger partial charge in [0.2, 0.25) is 0 Å². The molecule has 0 saturated heterocycles. The maximum Gasteiger partial charge on any atom is 0.102 e. The highest BCUT2D eigenvalue weighted by molar-refractivity contribution is 6.47. The molecule has 0 aliphatic heterocycles. The smallest absolute Gasteiger partial charge is 0.102 e. The van der Waals surface area contributed by atoms with Crippen molar-refractivity contribution < 1.29 is 5.21 Å². The van der Waals surface area contributed by atoms with Crippen LogP contribution in [0.2, 0.25) is 0 Å². The van der Waals surface area contributed by atoms with E-state index in [0.717, 1.165) is 17.7 Å². The molecule has 1 heterocycles. The number of rotatable bonds is 5. The van der Waals surface area contributed by atoms with Crippen molar-refractivity contribution in [2.24, 2.45) is 10.1 Å². The van der Waals surface area contributed by atoms with Gasteiger partial charge in [-0.25, -0.2) is 0 Å². The van der Waals surface area contributed by atoms with Gasteiger partial charge in [-0.2, -0.15) is 0 Å². The van der Waals surface area contributed by atoms with Crippen LogP contribution < -0.4 is 0 Å². The summed E-state index contributed by atoms with van der Waals surface area (Å²) in [6, 6.07) is 15.6. The molecular weight excluding hydrogens is 250 g/mol. The number of aliphatic imine (C=N–C) groups is 1. The van der Waals surface area contributed by atoms with Crippen molar-refractivity contribution >= 4 is 11.4 Å². The van der Waals surface area contributed by atoms with E-state index in [-0.39, 0.29) is 0 Å². The van der Waals surface area contributed by atoms with E-state index in [1.807, 2.05) is 48.5 Å². The second-order valence-electron chi connectivity index (χ2n) is 4.35. The van der Waals surface area contributed by atoms with Crippen molar-refractivity contribution in [1.29, 1.82) is 0 Å². The summed E-state index contributed by atoms with van der Waals surface area (Å²) in [6.45, 7) is 2.35. The van der Waals surface area contributed by atoms with Crippen LogP contribution in [0.3, 0.4) is 0 Å². The molecule has 0 radical (unpaired) electrons. The van der Waals surface area contributed by atoms with Gasteiger partial charge in [0, 0.05) is 30.4 Å². The van der Waals surface area contributed by atoms with Crippen LogP contribution in [-0.2, 0) is 6.42 Å². The van der Waals surface area contributed by atoms with Crippen molar-refractivity contribution in [3.8, 4) is 0 Å². The van der Waals surface area contributed by atoms with Crippen LogP contribution in [0.1, 0.15) is 18.2 Å². The Bertz CT molecular complexity index is 592. The maximum absolute atomic E-state index is 8.98. The predicted molar refractivity (Wildman–Crippen MR) is 80.7 cm³/mol. The van der Waals surface area contributed by atoms with E-state index < -0.39 is 0 Å². The second-order valence-corrected chi connectivity index (χ2v) is 4.35. The van der Waals surface area contributed by atoms with E-state index in [1.54, 1.807) is 13.1 Å². The largest absolute Gasteiger partial charge is 0.411 e. The van der Waals surface area contributed by atoms with E-state index in [0.29, 0.717) is 18.0 Å².